The van der Waals surface area contributed by atoms with Crippen molar-refractivity contribution in [3.8, 4) is 0 Å². The zero-order valence-corrected chi connectivity index (χ0v) is 17.9. The molecule has 2 aromatic rings. The zero-order valence-electron chi connectivity index (χ0n) is 16.4. The number of benzene rings is 1. The number of urea groups is 1. The van der Waals surface area contributed by atoms with Crippen molar-refractivity contribution < 1.29 is 4.79 Å². The van der Waals surface area contributed by atoms with Crippen LogP contribution < -0.4 is 10.2 Å². The van der Waals surface area contributed by atoms with Crippen LogP contribution in [0.3, 0.4) is 0 Å². The fourth-order valence-corrected chi connectivity index (χ4v) is 4.67. The van der Waals surface area contributed by atoms with Crippen LogP contribution in [0, 0.1) is 5.92 Å². The van der Waals surface area contributed by atoms with Crippen LogP contribution in [0.1, 0.15) is 30.7 Å². The first-order valence-corrected chi connectivity index (χ1v) is 10.8. The topological polar surface area (TPSA) is 61.4 Å². The van der Waals surface area contributed by atoms with Crippen LogP contribution in [-0.4, -0.2) is 53.9 Å². The molecule has 2 aliphatic rings. The number of hydrogen-bond donors (Lipinski definition) is 1. The number of aromatic nitrogens is 2. The lowest BCUT2D eigenvalue weighted by Gasteiger charge is -2.35. The molecule has 2 fully saturated rings. The molecule has 4 rings (SSSR count). The van der Waals surface area contributed by atoms with Crippen LogP contribution in [0.2, 0.25) is 10.0 Å². The molecule has 8 heteroatoms. The van der Waals surface area contributed by atoms with Gasteiger partial charge in [0.25, 0.3) is 0 Å². The van der Waals surface area contributed by atoms with E-state index in [-0.39, 0.29) is 18.0 Å². The molecule has 29 heavy (non-hydrogen) atoms. The van der Waals surface area contributed by atoms with Gasteiger partial charge in [-0.05, 0) is 55.0 Å². The monoisotopic (exact) mass is 433 g/mol. The highest BCUT2D eigenvalue weighted by Crippen LogP contribution is 2.44. The first kappa shape index (κ1) is 20.2. The molecule has 154 valence electrons. The molecule has 1 aliphatic heterocycles. The summed E-state index contributed by atoms with van der Waals surface area (Å²) in [7, 11) is 1.86. The van der Waals surface area contributed by atoms with Gasteiger partial charge in [-0.15, -0.1) is 5.10 Å². The molecule has 1 saturated heterocycles. The molecule has 1 aromatic carbocycles. The lowest BCUT2D eigenvalue weighted by molar-refractivity contribution is 0.196. The van der Waals surface area contributed by atoms with Crippen molar-refractivity contribution in [1.82, 2.24) is 20.4 Å². The highest BCUT2D eigenvalue weighted by molar-refractivity contribution is 6.35. The second-order valence-corrected chi connectivity index (χ2v) is 8.82. The highest BCUT2D eigenvalue weighted by Gasteiger charge is 2.41. The van der Waals surface area contributed by atoms with E-state index in [1.807, 2.05) is 31.3 Å². The van der Waals surface area contributed by atoms with E-state index in [2.05, 4.69) is 20.4 Å². The molecule has 2 amide bonds. The van der Waals surface area contributed by atoms with E-state index >= 15 is 0 Å². The summed E-state index contributed by atoms with van der Waals surface area (Å²) in [5.74, 6) is 1.59. The number of amides is 2. The van der Waals surface area contributed by atoms with Crippen molar-refractivity contribution in [2.45, 2.75) is 31.2 Å². The van der Waals surface area contributed by atoms with Crippen LogP contribution in [0.4, 0.5) is 10.6 Å². The molecule has 2 unspecified atom stereocenters. The summed E-state index contributed by atoms with van der Waals surface area (Å²) in [6.45, 7) is 2.60. The largest absolute Gasteiger partial charge is 0.355 e. The summed E-state index contributed by atoms with van der Waals surface area (Å²) in [6.07, 6.45) is 4.80. The maximum atomic E-state index is 12.7. The Morgan fingerprint density at radius 1 is 1.34 bits per heavy atom. The number of hydrogen-bond acceptors (Lipinski definition) is 4. The van der Waals surface area contributed by atoms with Crippen LogP contribution in [0.15, 0.2) is 36.5 Å². The van der Waals surface area contributed by atoms with Gasteiger partial charge in [0, 0.05) is 54.9 Å². The molecule has 0 radical (unpaired) electrons. The van der Waals surface area contributed by atoms with E-state index in [0.29, 0.717) is 16.0 Å². The third-order valence-corrected chi connectivity index (χ3v) is 6.30. The van der Waals surface area contributed by atoms with Crippen LogP contribution in [0.25, 0.3) is 0 Å². The number of nitrogens with one attached hydrogen (secondary N) is 1. The molecule has 6 nitrogen and oxygen atoms in total. The maximum Gasteiger partial charge on any atom is 0.317 e. The summed E-state index contributed by atoms with van der Waals surface area (Å²) < 4.78 is 0. The molecule has 0 bridgehead atoms. The standard InChI is InChI=1S/C21H25Cl2N5O/c1-27(12-14-4-3-9-28(13-14)20-5-2-8-24-26-20)21(29)25-19-11-17(19)16-7-6-15(22)10-18(16)23/h2,5-8,10,14,17,19H,3-4,9,11-13H2,1H3,(H,25,29)/t14-,17?,19?/m0/s1. The average molecular weight is 434 g/mol. The van der Waals surface area contributed by atoms with Gasteiger partial charge in [0.15, 0.2) is 5.82 Å². The Hall–Kier alpha value is -2.05. The number of carbonyl (C=O) groups is 1. The molecule has 1 aromatic heterocycles. The number of piperidine rings is 1. The van der Waals surface area contributed by atoms with E-state index in [0.717, 1.165) is 50.3 Å². The van der Waals surface area contributed by atoms with Gasteiger partial charge in [-0.2, -0.15) is 5.10 Å². The minimum atomic E-state index is -0.0285. The van der Waals surface area contributed by atoms with Gasteiger partial charge >= 0.3 is 6.03 Å². The molecule has 1 saturated carbocycles. The lowest BCUT2D eigenvalue weighted by atomic mass is 9.97. The highest BCUT2D eigenvalue weighted by atomic mass is 35.5. The van der Waals surface area contributed by atoms with Gasteiger partial charge in [0.1, 0.15) is 0 Å². The number of halogens is 2. The van der Waals surface area contributed by atoms with Crippen molar-refractivity contribution in [2.24, 2.45) is 5.92 Å². The Balaban J connectivity index is 1.28. The predicted molar refractivity (Wildman–Crippen MR) is 116 cm³/mol. The summed E-state index contributed by atoms with van der Waals surface area (Å²) in [4.78, 5) is 16.7. The Morgan fingerprint density at radius 2 is 2.21 bits per heavy atom. The Morgan fingerprint density at radius 3 is 2.97 bits per heavy atom. The van der Waals surface area contributed by atoms with Crippen molar-refractivity contribution in [1.29, 1.82) is 0 Å². The Bertz CT molecular complexity index is 865. The number of nitrogens with zero attached hydrogens (tertiary/aromatic N) is 4. The Kier molecular flexibility index (Phi) is 6.11. The zero-order chi connectivity index (χ0) is 20.4. The number of rotatable bonds is 5. The minimum Gasteiger partial charge on any atom is -0.355 e. The second kappa shape index (κ2) is 8.76. The molecule has 1 aliphatic carbocycles. The number of anilines is 1. The molecular formula is C21H25Cl2N5O. The Labute approximate surface area is 181 Å². The molecule has 2 heterocycles. The van der Waals surface area contributed by atoms with Gasteiger partial charge in [-0.25, -0.2) is 4.79 Å². The van der Waals surface area contributed by atoms with Gasteiger partial charge in [0.2, 0.25) is 0 Å². The van der Waals surface area contributed by atoms with Crippen molar-refractivity contribution in [2.75, 3.05) is 31.6 Å². The maximum absolute atomic E-state index is 12.7. The van der Waals surface area contributed by atoms with Crippen molar-refractivity contribution in [3.63, 3.8) is 0 Å². The van der Waals surface area contributed by atoms with Gasteiger partial charge in [-0.3, -0.25) is 0 Å². The first-order valence-electron chi connectivity index (χ1n) is 10.0. The van der Waals surface area contributed by atoms with Gasteiger partial charge in [0.05, 0.1) is 0 Å². The third-order valence-electron chi connectivity index (χ3n) is 5.74. The normalized spacial score (nSPS) is 23.6. The summed E-state index contributed by atoms with van der Waals surface area (Å²) in [5.41, 5.74) is 1.05. The summed E-state index contributed by atoms with van der Waals surface area (Å²) in [5, 5.41) is 12.6. The molecule has 1 N–H and O–H groups in total. The SMILES string of the molecule is CN(C[C@@H]1CCCN(c2cccnn2)C1)C(=O)NC1CC1c1ccc(Cl)cc1Cl. The average Bonchev–Trinajstić information content (AvgIpc) is 3.47. The smallest absolute Gasteiger partial charge is 0.317 e. The molecule has 0 spiro atoms. The first-order chi connectivity index (χ1) is 14.0. The fourth-order valence-electron chi connectivity index (χ4n) is 4.12. The van der Waals surface area contributed by atoms with Crippen molar-refractivity contribution >= 4 is 35.1 Å². The molecular weight excluding hydrogens is 409 g/mol. The van der Waals surface area contributed by atoms with Crippen LogP contribution in [-0.2, 0) is 0 Å². The predicted octanol–water partition coefficient (Wildman–Crippen LogP) is 4.20. The quantitative estimate of drug-likeness (QED) is 0.767. The molecule has 3 atom stereocenters. The second-order valence-electron chi connectivity index (χ2n) is 7.98. The van der Waals surface area contributed by atoms with Gasteiger partial charge < -0.3 is 15.1 Å². The summed E-state index contributed by atoms with van der Waals surface area (Å²) >= 11 is 12.3. The van der Waals surface area contributed by atoms with E-state index in [4.69, 9.17) is 23.2 Å². The minimum absolute atomic E-state index is 0.0285. The van der Waals surface area contributed by atoms with E-state index < -0.39 is 0 Å². The van der Waals surface area contributed by atoms with Crippen LogP contribution in [0.5, 0.6) is 0 Å². The van der Waals surface area contributed by atoms with E-state index in [1.165, 1.54) is 0 Å². The van der Waals surface area contributed by atoms with E-state index in [1.54, 1.807) is 17.2 Å². The fraction of sp³-hybridized carbons (Fsp3) is 0.476. The summed E-state index contributed by atoms with van der Waals surface area (Å²) in [6, 6.07) is 9.55. The number of carbonyl (C=O) groups excluding carboxylic acids is 1. The van der Waals surface area contributed by atoms with E-state index in [9.17, 15) is 4.79 Å². The van der Waals surface area contributed by atoms with Crippen molar-refractivity contribution in [3.05, 3.63) is 52.1 Å². The van der Waals surface area contributed by atoms with Crippen LogP contribution >= 0.6 is 23.2 Å². The lowest BCUT2D eigenvalue weighted by Crippen LogP contribution is -2.45. The van der Waals surface area contributed by atoms with Gasteiger partial charge in [-0.1, -0.05) is 29.3 Å². The third kappa shape index (κ3) is 4.93.